The van der Waals surface area contributed by atoms with Crippen molar-refractivity contribution >= 4 is 23.6 Å². The average Bonchev–Trinajstić information content (AvgIpc) is 2.96. The third-order valence-corrected chi connectivity index (χ3v) is 4.84. The van der Waals surface area contributed by atoms with Crippen molar-refractivity contribution in [1.29, 1.82) is 0 Å². The fourth-order valence-corrected chi connectivity index (χ4v) is 3.15. The molecule has 1 aliphatic rings. The van der Waals surface area contributed by atoms with Gasteiger partial charge in [-0.25, -0.2) is 4.79 Å². The molecule has 2 unspecified atom stereocenters. The van der Waals surface area contributed by atoms with Crippen LogP contribution in [-0.4, -0.2) is 47.7 Å². The predicted molar refractivity (Wildman–Crippen MR) is 104 cm³/mol. The number of Topliss-reactive ketones (excluding diaryl/α,β-unsaturated/α-hetero) is 1. The highest BCUT2D eigenvalue weighted by Crippen LogP contribution is 2.26. The summed E-state index contributed by atoms with van der Waals surface area (Å²) in [4.78, 5) is 51.1. The van der Waals surface area contributed by atoms with Crippen molar-refractivity contribution in [3.8, 4) is 5.75 Å². The lowest BCUT2D eigenvalue weighted by molar-refractivity contribution is -0.150. The van der Waals surface area contributed by atoms with E-state index in [1.165, 1.54) is 21.0 Å². The molecule has 0 aliphatic carbocycles. The topological polar surface area (TPSA) is 90.0 Å². The minimum Gasteiger partial charge on any atom is -0.497 e. The SMILES string of the molecule is COc1ccc(C(=O)C(C)OC(=O)C(C)N2C(=O)c3ccc(C)cc3C2=O)cc1. The van der Waals surface area contributed by atoms with E-state index in [-0.39, 0.29) is 11.1 Å². The van der Waals surface area contributed by atoms with Gasteiger partial charge in [0.25, 0.3) is 11.8 Å². The summed E-state index contributed by atoms with van der Waals surface area (Å²) in [6.07, 6.45) is -1.07. The average molecular weight is 395 g/mol. The van der Waals surface area contributed by atoms with Gasteiger partial charge >= 0.3 is 5.97 Å². The predicted octanol–water partition coefficient (Wildman–Crippen LogP) is 2.80. The second-order valence-electron chi connectivity index (χ2n) is 6.88. The van der Waals surface area contributed by atoms with Crippen LogP contribution in [0, 0.1) is 6.92 Å². The summed E-state index contributed by atoms with van der Waals surface area (Å²) < 4.78 is 10.3. The highest BCUT2D eigenvalue weighted by molar-refractivity contribution is 6.22. The third kappa shape index (κ3) is 3.76. The van der Waals surface area contributed by atoms with Gasteiger partial charge in [-0.15, -0.1) is 0 Å². The second-order valence-corrected chi connectivity index (χ2v) is 6.88. The first-order valence-corrected chi connectivity index (χ1v) is 9.12. The van der Waals surface area contributed by atoms with Crippen LogP contribution < -0.4 is 4.74 Å². The highest BCUT2D eigenvalue weighted by Gasteiger charge is 2.42. The number of ether oxygens (including phenoxy) is 2. The fraction of sp³-hybridized carbons (Fsp3) is 0.273. The molecule has 2 atom stereocenters. The molecule has 3 rings (SSSR count). The Morgan fingerprint density at radius 1 is 0.931 bits per heavy atom. The Labute approximate surface area is 168 Å². The van der Waals surface area contributed by atoms with E-state index < -0.39 is 35.7 Å². The number of ketones is 1. The summed E-state index contributed by atoms with van der Waals surface area (Å²) in [5, 5.41) is 0. The van der Waals surface area contributed by atoms with Crippen LogP contribution in [-0.2, 0) is 9.53 Å². The Balaban J connectivity index is 1.71. The van der Waals surface area contributed by atoms with Gasteiger partial charge in [0.15, 0.2) is 6.10 Å². The molecule has 0 saturated heterocycles. The van der Waals surface area contributed by atoms with E-state index in [0.29, 0.717) is 11.3 Å². The van der Waals surface area contributed by atoms with Crippen LogP contribution in [0.4, 0.5) is 0 Å². The standard InChI is InChI=1S/C22H21NO6/c1-12-5-10-17-18(11-12)21(26)23(20(17)25)13(2)22(27)29-14(3)19(24)15-6-8-16(28-4)9-7-15/h5-11,13-14H,1-4H3. The van der Waals surface area contributed by atoms with Crippen molar-refractivity contribution < 1.29 is 28.7 Å². The van der Waals surface area contributed by atoms with Crippen molar-refractivity contribution in [3.63, 3.8) is 0 Å². The van der Waals surface area contributed by atoms with Crippen LogP contribution in [0.2, 0.25) is 0 Å². The Kier molecular flexibility index (Phi) is 5.50. The molecule has 7 heteroatoms. The molecule has 0 bridgehead atoms. The lowest BCUT2D eigenvalue weighted by Crippen LogP contribution is -2.45. The van der Waals surface area contributed by atoms with Gasteiger partial charge in [0.2, 0.25) is 5.78 Å². The Morgan fingerprint density at radius 2 is 1.55 bits per heavy atom. The number of nitrogens with zero attached hydrogens (tertiary/aromatic N) is 1. The van der Waals surface area contributed by atoms with E-state index in [1.54, 1.807) is 42.5 Å². The zero-order valence-electron chi connectivity index (χ0n) is 16.6. The Bertz CT molecular complexity index is 995. The molecule has 1 aliphatic heterocycles. The molecule has 0 radical (unpaired) electrons. The van der Waals surface area contributed by atoms with Crippen molar-refractivity contribution in [2.75, 3.05) is 7.11 Å². The summed E-state index contributed by atoms with van der Waals surface area (Å²) in [5.74, 6) is -1.73. The first-order chi connectivity index (χ1) is 13.7. The van der Waals surface area contributed by atoms with E-state index in [1.807, 2.05) is 6.92 Å². The number of amides is 2. The van der Waals surface area contributed by atoms with Gasteiger partial charge in [-0.05, 0) is 57.2 Å². The van der Waals surface area contributed by atoms with E-state index >= 15 is 0 Å². The van der Waals surface area contributed by atoms with Crippen molar-refractivity contribution in [1.82, 2.24) is 4.90 Å². The molecule has 150 valence electrons. The monoisotopic (exact) mass is 395 g/mol. The number of benzene rings is 2. The quantitative estimate of drug-likeness (QED) is 0.424. The molecule has 0 spiro atoms. The summed E-state index contributed by atoms with van der Waals surface area (Å²) in [6.45, 7) is 4.66. The van der Waals surface area contributed by atoms with Crippen molar-refractivity contribution in [2.24, 2.45) is 0 Å². The summed E-state index contributed by atoms with van der Waals surface area (Å²) >= 11 is 0. The lowest BCUT2D eigenvalue weighted by Gasteiger charge is -2.22. The number of carbonyl (C=O) groups excluding carboxylic acids is 4. The number of carbonyl (C=O) groups is 4. The van der Waals surface area contributed by atoms with Gasteiger partial charge in [-0.1, -0.05) is 11.6 Å². The van der Waals surface area contributed by atoms with Crippen LogP contribution in [0.15, 0.2) is 42.5 Å². The fourth-order valence-electron chi connectivity index (χ4n) is 3.15. The van der Waals surface area contributed by atoms with Gasteiger partial charge in [-0.3, -0.25) is 19.3 Å². The van der Waals surface area contributed by atoms with Gasteiger partial charge in [0.05, 0.1) is 18.2 Å². The van der Waals surface area contributed by atoms with E-state index in [4.69, 9.17) is 9.47 Å². The molecule has 2 aromatic carbocycles. The molecule has 2 amide bonds. The van der Waals surface area contributed by atoms with Crippen LogP contribution in [0.25, 0.3) is 0 Å². The summed E-state index contributed by atoms with van der Waals surface area (Å²) in [5.41, 5.74) is 1.70. The number of esters is 1. The molecule has 0 N–H and O–H groups in total. The van der Waals surface area contributed by atoms with E-state index in [9.17, 15) is 19.2 Å². The summed E-state index contributed by atoms with van der Waals surface area (Å²) in [7, 11) is 1.52. The largest absolute Gasteiger partial charge is 0.497 e. The number of methoxy groups -OCH3 is 1. The molecular weight excluding hydrogens is 374 g/mol. The molecule has 0 aromatic heterocycles. The number of rotatable bonds is 6. The Hall–Kier alpha value is -3.48. The first kappa shape index (κ1) is 20.3. The van der Waals surface area contributed by atoms with E-state index in [0.717, 1.165) is 10.5 Å². The first-order valence-electron chi connectivity index (χ1n) is 9.12. The van der Waals surface area contributed by atoms with Crippen LogP contribution >= 0.6 is 0 Å². The number of hydrogen-bond acceptors (Lipinski definition) is 6. The Morgan fingerprint density at radius 3 is 2.17 bits per heavy atom. The van der Waals surface area contributed by atoms with Crippen LogP contribution in [0.1, 0.15) is 50.5 Å². The number of fused-ring (bicyclic) bond motifs is 1. The maximum Gasteiger partial charge on any atom is 0.329 e. The van der Waals surface area contributed by atoms with Gasteiger partial charge in [-0.2, -0.15) is 0 Å². The summed E-state index contributed by atoms with van der Waals surface area (Å²) in [6, 6.07) is 10.2. The molecular formula is C22H21NO6. The molecule has 7 nitrogen and oxygen atoms in total. The maximum absolute atomic E-state index is 12.6. The number of aryl methyl sites for hydroxylation is 1. The molecule has 1 heterocycles. The second kappa shape index (κ2) is 7.87. The van der Waals surface area contributed by atoms with Gasteiger partial charge in [0, 0.05) is 5.56 Å². The molecule has 2 aromatic rings. The third-order valence-electron chi connectivity index (χ3n) is 4.84. The van der Waals surface area contributed by atoms with Gasteiger partial charge in [0.1, 0.15) is 11.8 Å². The number of imide groups is 1. The van der Waals surface area contributed by atoms with Crippen molar-refractivity contribution in [2.45, 2.75) is 32.9 Å². The minimum absolute atomic E-state index is 0.252. The zero-order valence-corrected chi connectivity index (χ0v) is 16.6. The molecule has 0 saturated carbocycles. The maximum atomic E-state index is 12.6. The zero-order chi connectivity index (χ0) is 21.3. The van der Waals surface area contributed by atoms with E-state index in [2.05, 4.69) is 0 Å². The molecule has 0 fully saturated rings. The smallest absolute Gasteiger partial charge is 0.329 e. The van der Waals surface area contributed by atoms with Crippen LogP contribution in [0.5, 0.6) is 5.75 Å². The van der Waals surface area contributed by atoms with Crippen LogP contribution in [0.3, 0.4) is 0 Å². The lowest BCUT2D eigenvalue weighted by atomic mass is 10.1. The van der Waals surface area contributed by atoms with Gasteiger partial charge < -0.3 is 9.47 Å². The number of hydrogen-bond donors (Lipinski definition) is 0. The van der Waals surface area contributed by atoms with Crippen molar-refractivity contribution in [3.05, 3.63) is 64.7 Å². The minimum atomic E-state index is -1.16. The highest BCUT2D eigenvalue weighted by atomic mass is 16.5. The normalized spacial score (nSPS) is 15.0. The molecule has 29 heavy (non-hydrogen) atoms.